The van der Waals surface area contributed by atoms with Crippen molar-refractivity contribution in [1.29, 1.82) is 0 Å². The van der Waals surface area contributed by atoms with E-state index in [9.17, 15) is 9.59 Å². The van der Waals surface area contributed by atoms with Gasteiger partial charge in [-0.15, -0.1) is 0 Å². The second-order valence-corrected chi connectivity index (χ2v) is 7.19. The molecule has 2 aliphatic rings. The smallest absolute Gasteiger partial charge is 0.343 e. The number of nitrogens with one attached hydrogen (secondary N) is 2. The number of aromatic nitrogens is 4. The maximum Gasteiger partial charge on any atom is 0.343 e. The van der Waals surface area contributed by atoms with Crippen LogP contribution < -0.4 is 16.1 Å². The van der Waals surface area contributed by atoms with Gasteiger partial charge < -0.3 is 9.88 Å². The lowest BCUT2D eigenvalue weighted by Gasteiger charge is -2.30. The van der Waals surface area contributed by atoms with Gasteiger partial charge >= 0.3 is 5.69 Å². The Morgan fingerprint density at radius 3 is 2.71 bits per heavy atom. The molecule has 2 atom stereocenters. The van der Waals surface area contributed by atoms with Gasteiger partial charge in [0.2, 0.25) is 5.56 Å². The van der Waals surface area contributed by atoms with Crippen LogP contribution in [0.1, 0.15) is 51.0 Å². The van der Waals surface area contributed by atoms with Gasteiger partial charge in [0, 0.05) is 30.5 Å². The van der Waals surface area contributed by atoms with Crippen LogP contribution in [0.2, 0.25) is 0 Å². The molecule has 0 radical (unpaired) electrons. The Hall–Kier alpha value is -2.31. The zero-order valence-corrected chi connectivity index (χ0v) is 14.0. The minimum atomic E-state index is -0.160. The van der Waals surface area contributed by atoms with Crippen LogP contribution >= 0.6 is 0 Å². The van der Waals surface area contributed by atoms with Gasteiger partial charge in [0.15, 0.2) is 5.82 Å². The molecular formula is C17H23N5O2. The molecule has 4 rings (SSSR count). The molecule has 128 valence electrons. The molecule has 7 heteroatoms. The number of hydrogen-bond donors (Lipinski definition) is 2. The number of aromatic amines is 2. The Morgan fingerprint density at radius 2 is 2.04 bits per heavy atom. The Morgan fingerprint density at radius 1 is 1.25 bits per heavy atom. The summed E-state index contributed by atoms with van der Waals surface area (Å²) >= 11 is 0. The third-order valence-corrected chi connectivity index (χ3v) is 5.28. The highest BCUT2D eigenvalue weighted by Gasteiger charge is 2.46. The quantitative estimate of drug-likeness (QED) is 0.896. The molecule has 2 fully saturated rings. The topological polar surface area (TPSA) is 86.8 Å². The zero-order chi connectivity index (χ0) is 16.8. The lowest BCUT2D eigenvalue weighted by atomic mass is 9.94. The minimum Gasteiger partial charge on any atom is -0.361 e. The number of pyridine rings is 1. The summed E-state index contributed by atoms with van der Waals surface area (Å²) in [6, 6.07) is 3.65. The molecule has 7 nitrogen and oxygen atoms in total. The van der Waals surface area contributed by atoms with E-state index in [1.807, 2.05) is 19.9 Å². The predicted molar refractivity (Wildman–Crippen MR) is 91.2 cm³/mol. The predicted octanol–water partition coefficient (Wildman–Crippen LogP) is 1.82. The van der Waals surface area contributed by atoms with E-state index >= 15 is 0 Å². The fraction of sp³-hybridized carbons (Fsp3) is 0.588. The van der Waals surface area contributed by atoms with Crippen molar-refractivity contribution in [3.8, 4) is 0 Å². The Kier molecular flexibility index (Phi) is 3.58. The highest BCUT2D eigenvalue weighted by Crippen LogP contribution is 2.51. The van der Waals surface area contributed by atoms with Crippen molar-refractivity contribution in [2.24, 2.45) is 11.8 Å². The van der Waals surface area contributed by atoms with Crippen molar-refractivity contribution in [1.82, 2.24) is 19.7 Å². The SMILES string of the molecule is CC(C)n1c(C2C(C3CC3)CCN2c2cc[nH]c(=O)c2)n[nH]c1=O. The first kappa shape index (κ1) is 15.2. The van der Waals surface area contributed by atoms with Gasteiger partial charge in [0.05, 0.1) is 6.04 Å². The van der Waals surface area contributed by atoms with E-state index in [0.717, 1.165) is 24.5 Å². The Labute approximate surface area is 139 Å². The fourth-order valence-corrected chi connectivity index (χ4v) is 4.09. The summed E-state index contributed by atoms with van der Waals surface area (Å²) in [7, 11) is 0. The highest BCUT2D eigenvalue weighted by atomic mass is 16.2. The van der Waals surface area contributed by atoms with Crippen LogP contribution in [0.15, 0.2) is 27.9 Å². The molecule has 2 N–H and O–H groups in total. The van der Waals surface area contributed by atoms with E-state index in [4.69, 9.17) is 0 Å². The monoisotopic (exact) mass is 329 g/mol. The van der Waals surface area contributed by atoms with Crippen molar-refractivity contribution in [2.75, 3.05) is 11.4 Å². The lowest BCUT2D eigenvalue weighted by Crippen LogP contribution is -2.32. The number of anilines is 1. The van der Waals surface area contributed by atoms with Crippen LogP contribution in [-0.2, 0) is 0 Å². The van der Waals surface area contributed by atoms with Crippen LogP contribution in [0, 0.1) is 11.8 Å². The summed E-state index contributed by atoms with van der Waals surface area (Å²) in [6.45, 7) is 4.88. The molecule has 0 aromatic carbocycles. The van der Waals surface area contributed by atoms with E-state index in [2.05, 4.69) is 20.1 Å². The van der Waals surface area contributed by atoms with Gasteiger partial charge in [-0.25, -0.2) is 9.89 Å². The van der Waals surface area contributed by atoms with Gasteiger partial charge in [0.1, 0.15) is 0 Å². The standard InChI is InChI=1S/C17H23N5O2/c1-10(2)22-16(19-20-17(22)24)15-13(11-3-4-11)6-8-21(15)12-5-7-18-14(23)9-12/h5,7,9-11,13,15H,3-4,6,8H2,1-2H3,(H,18,23)(H,20,24). The molecule has 0 bridgehead atoms. The third kappa shape index (κ3) is 2.48. The van der Waals surface area contributed by atoms with Crippen molar-refractivity contribution in [2.45, 2.75) is 45.2 Å². The molecule has 1 aliphatic heterocycles. The Bertz CT molecular complexity index is 845. The summed E-state index contributed by atoms with van der Waals surface area (Å²) < 4.78 is 1.76. The zero-order valence-electron chi connectivity index (χ0n) is 14.0. The molecule has 2 aromatic heterocycles. The number of rotatable bonds is 4. The maximum atomic E-state index is 12.2. The second kappa shape index (κ2) is 5.65. The number of hydrogen-bond acceptors (Lipinski definition) is 4. The van der Waals surface area contributed by atoms with Crippen LogP contribution in [-0.4, -0.2) is 26.3 Å². The summed E-state index contributed by atoms with van der Waals surface area (Å²) in [5, 5.41) is 7.00. The number of H-pyrrole nitrogens is 2. The van der Waals surface area contributed by atoms with Crippen LogP contribution in [0.4, 0.5) is 5.69 Å². The van der Waals surface area contributed by atoms with Gasteiger partial charge in [-0.2, -0.15) is 5.10 Å². The molecule has 3 heterocycles. The van der Waals surface area contributed by atoms with Crippen molar-refractivity contribution < 1.29 is 0 Å². The minimum absolute atomic E-state index is 0.0423. The van der Waals surface area contributed by atoms with Gasteiger partial charge in [-0.3, -0.25) is 9.36 Å². The second-order valence-electron chi connectivity index (χ2n) is 7.19. The average molecular weight is 329 g/mol. The van der Waals surface area contributed by atoms with Crippen molar-refractivity contribution in [3.63, 3.8) is 0 Å². The largest absolute Gasteiger partial charge is 0.361 e. The molecule has 24 heavy (non-hydrogen) atoms. The maximum absolute atomic E-state index is 12.2. The van der Waals surface area contributed by atoms with Crippen LogP contribution in [0.25, 0.3) is 0 Å². The van der Waals surface area contributed by atoms with Gasteiger partial charge in [-0.1, -0.05) is 0 Å². The first-order chi connectivity index (χ1) is 11.6. The molecule has 2 aromatic rings. The summed E-state index contributed by atoms with van der Waals surface area (Å²) in [5.41, 5.74) is 0.634. The molecular weight excluding hydrogens is 306 g/mol. The fourth-order valence-electron chi connectivity index (χ4n) is 4.09. The third-order valence-electron chi connectivity index (χ3n) is 5.28. The van der Waals surface area contributed by atoms with Crippen LogP contribution in [0.3, 0.4) is 0 Å². The van der Waals surface area contributed by atoms with Gasteiger partial charge in [-0.05, 0) is 51.0 Å². The highest BCUT2D eigenvalue weighted by molar-refractivity contribution is 5.48. The average Bonchev–Trinajstić information content (AvgIpc) is 3.17. The summed E-state index contributed by atoms with van der Waals surface area (Å²) in [5.74, 6) is 1.98. The molecule has 0 amide bonds. The van der Waals surface area contributed by atoms with Crippen LogP contribution in [0.5, 0.6) is 0 Å². The first-order valence-electron chi connectivity index (χ1n) is 8.68. The number of nitrogens with zero attached hydrogens (tertiary/aromatic N) is 3. The van der Waals surface area contributed by atoms with Crippen molar-refractivity contribution in [3.05, 3.63) is 45.0 Å². The summed E-state index contributed by atoms with van der Waals surface area (Å²) in [4.78, 5) is 28.9. The molecule has 0 spiro atoms. The summed E-state index contributed by atoms with van der Waals surface area (Å²) in [6.07, 6.45) is 5.25. The molecule has 1 saturated heterocycles. The van der Waals surface area contributed by atoms with E-state index in [1.54, 1.807) is 16.8 Å². The van der Waals surface area contributed by atoms with Gasteiger partial charge in [0.25, 0.3) is 0 Å². The first-order valence-corrected chi connectivity index (χ1v) is 8.68. The Balaban J connectivity index is 1.81. The van der Waals surface area contributed by atoms with E-state index in [1.165, 1.54) is 12.8 Å². The van der Waals surface area contributed by atoms with Crippen molar-refractivity contribution >= 4 is 5.69 Å². The lowest BCUT2D eigenvalue weighted by molar-refractivity contribution is 0.392. The van der Waals surface area contributed by atoms with E-state index < -0.39 is 0 Å². The molecule has 1 saturated carbocycles. The van der Waals surface area contributed by atoms with E-state index in [-0.39, 0.29) is 23.3 Å². The van der Waals surface area contributed by atoms with E-state index in [0.29, 0.717) is 11.8 Å². The normalized spacial score (nSPS) is 24.0. The molecule has 2 unspecified atom stereocenters. The molecule has 1 aliphatic carbocycles.